The summed E-state index contributed by atoms with van der Waals surface area (Å²) in [5.41, 5.74) is -0.0769. The molecule has 12 heavy (non-hydrogen) atoms. The van der Waals surface area contributed by atoms with Gasteiger partial charge < -0.3 is 4.74 Å². The molecule has 4 unspecified atom stereocenters. The molecule has 0 bridgehead atoms. The Balaban J connectivity index is 2.14. The molecule has 0 spiro atoms. The lowest BCUT2D eigenvalue weighted by Crippen LogP contribution is -2.25. The number of epoxide rings is 1. The van der Waals surface area contributed by atoms with Crippen molar-refractivity contribution < 1.29 is 9.53 Å². The molecule has 0 aromatic heterocycles. The number of rotatable bonds is 2. The van der Waals surface area contributed by atoms with Gasteiger partial charge >= 0.3 is 0 Å². The molecule has 1 saturated heterocycles. The van der Waals surface area contributed by atoms with E-state index in [0.29, 0.717) is 24.2 Å². The minimum atomic E-state index is -0.0769. The average Bonchev–Trinajstić information content (AvgIpc) is 2.67. The molecule has 2 aliphatic rings. The summed E-state index contributed by atoms with van der Waals surface area (Å²) < 4.78 is 5.57. The van der Waals surface area contributed by atoms with Gasteiger partial charge in [0.25, 0.3) is 0 Å². The van der Waals surface area contributed by atoms with Gasteiger partial charge in [0.2, 0.25) is 0 Å². The highest BCUT2D eigenvalue weighted by Gasteiger charge is 2.66. The second kappa shape index (κ2) is 2.32. The Morgan fingerprint density at radius 2 is 2.33 bits per heavy atom. The van der Waals surface area contributed by atoms with Crippen molar-refractivity contribution in [2.45, 2.75) is 45.3 Å². The van der Waals surface area contributed by atoms with E-state index in [9.17, 15) is 4.79 Å². The van der Waals surface area contributed by atoms with Crippen LogP contribution in [0.15, 0.2) is 0 Å². The molecule has 0 aromatic rings. The molecule has 2 nitrogen and oxygen atoms in total. The fraction of sp³-hybridized carbons (Fsp3) is 0.900. The van der Waals surface area contributed by atoms with Crippen molar-refractivity contribution in [3.63, 3.8) is 0 Å². The number of Topliss-reactive ketones (excluding diaryl/α,β-unsaturated/α-hetero) is 1. The maximum atomic E-state index is 11.5. The number of hydrogen-bond donors (Lipinski definition) is 0. The normalized spacial score (nSPS) is 50.4. The smallest absolute Gasteiger partial charge is 0.138 e. The van der Waals surface area contributed by atoms with E-state index in [-0.39, 0.29) is 11.5 Å². The Kier molecular flexibility index (Phi) is 1.59. The third-order valence-corrected chi connectivity index (χ3v) is 3.44. The van der Waals surface area contributed by atoms with Crippen molar-refractivity contribution in [1.29, 1.82) is 0 Å². The van der Waals surface area contributed by atoms with Gasteiger partial charge in [0.1, 0.15) is 11.4 Å². The molecule has 0 radical (unpaired) electrons. The lowest BCUT2D eigenvalue weighted by atomic mass is 9.91. The Labute approximate surface area is 73.3 Å². The molecule has 2 heteroatoms. The van der Waals surface area contributed by atoms with Crippen molar-refractivity contribution >= 4 is 5.78 Å². The van der Waals surface area contributed by atoms with E-state index in [2.05, 4.69) is 13.8 Å². The molecule has 1 aliphatic carbocycles. The Hall–Kier alpha value is -0.370. The van der Waals surface area contributed by atoms with Gasteiger partial charge in [-0.25, -0.2) is 0 Å². The quantitative estimate of drug-likeness (QED) is 0.588. The van der Waals surface area contributed by atoms with E-state index >= 15 is 0 Å². The van der Waals surface area contributed by atoms with Crippen LogP contribution in [0.1, 0.15) is 33.6 Å². The molecule has 2 rings (SSSR count). The van der Waals surface area contributed by atoms with Gasteiger partial charge in [-0.15, -0.1) is 0 Å². The van der Waals surface area contributed by atoms with Gasteiger partial charge in [0.15, 0.2) is 0 Å². The largest absolute Gasteiger partial charge is 0.365 e. The molecule has 1 aliphatic heterocycles. The number of carbonyl (C=O) groups excluding carboxylic acids is 1. The Morgan fingerprint density at radius 1 is 1.67 bits per heavy atom. The van der Waals surface area contributed by atoms with Crippen LogP contribution in [0, 0.1) is 11.8 Å². The minimum Gasteiger partial charge on any atom is -0.365 e. The monoisotopic (exact) mass is 168 g/mol. The van der Waals surface area contributed by atoms with Crippen LogP contribution >= 0.6 is 0 Å². The molecule has 1 saturated carbocycles. The van der Waals surface area contributed by atoms with Crippen LogP contribution in [0.25, 0.3) is 0 Å². The third-order valence-electron chi connectivity index (χ3n) is 3.44. The van der Waals surface area contributed by atoms with Crippen LogP contribution in [0.5, 0.6) is 0 Å². The molecule has 1 heterocycles. The van der Waals surface area contributed by atoms with Crippen LogP contribution in [-0.4, -0.2) is 17.5 Å². The minimum absolute atomic E-state index is 0.0769. The fourth-order valence-electron chi connectivity index (χ4n) is 2.63. The number of ether oxygens (including phenoxy) is 1. The van der Waals surface area contributed by atoms with E-state index in [4.69, 9.17) is 4.74 Å². The number of carbonyl (C=O) groups is 1. The SMILES string of the molecule is CCC(=O)C1CC(C)C2OC12C. The van der Waals surface area contributed by atoms with Crippen molar-refractivity contribution in [3.05, 3.63) is 0 Å². The molecule has 0 amide bonds. The summed E-state index contributed by atoms with van der Waals surface area (Å²) in [4.78, 5) is 11.5. The summed E-state index contributed by atoms with van der Waals surface area (Å²) in [6, 6.07) is 0. The van der Waals surface area contributed by atoms with E-state index < -0.39 is 0 Å². The molecule has 2 fully saturated rings. The van der Waals surface area contributed by atoms with Crippen molar-refractivity contribution in [2.75, 3.05) is 0 Å². The predicted molar refractivity (Wildman–Crippen MR) is 45.8 cm³/mol. The standard InChI is InChI=1S/C10H16O2/c1-4-8(11)7-5-6(2)9-10(7,3)12-9/h6-7,9H,4-5H2,1-3H3. The van der Waals surface area contributed by atoms with Crippen LogP contribution in [0.4, 0.5) is 0 Å². The van der Waals surface area contributed by atoms with E-state index in [1.807, 2.05) is 6.92 Å². The Morgan fingerprint density at radius 3 is 2.67 bits per heavy atom. The lowest BCUT2D eigenvalue weighted by molar-refractivity contribution is -0.124. The average molecular weight is 168 g/mol. The Bertz CT molecular complexity index is 224. The van der Waals surface area contributed by atoms with Crippen molar-refractivity contribution in [3.8, 4) is 0 Å². The first-order chi connectivity index (χ1) is 5.59. The van der Waals surface area contributed by atoms with Gasteiger partial charge in [-0.05, 0) is 19.3 Å². The first kappa shape index (κ1) is 8.24. The summed E-state index contributed by atoms with van der Waals surface area (Å²) in [6.45, 7) is 6.20. The molecular formula is C10H16O2. The number of ketones is 1. The highest BCUT2D eigenvalue weighted by Crippen LogP contribution is 2.56. The summed E-state index contributed by atoms with van der Waals surface area (Å²) >= 11 is 0. The molecule has 0 aromatic carbocycles. The summed E-state index contributed by atoms with van der Waals surface area (Å²) in [7, 11) is 0. The molecule has 68 valence electrons. The summed E-state index contributed by atoms with van der Waals surface area (Å²) in [6.07, 6.45) is 2.06. The molecule has 0 N–H and O–H groups in total. The van der Waals surface area contributed by atoms with E-state index in [0.717, 1.165) is 6.42 Å². The highest BCUT2D eigenvalue weighted by molar-refractivity contribution is 5.83. The molecule has 4 atom stereocenters. The lowest BCUT2D eigenvalue weighted by Gasteiger charge is -2.15. The maximum absolute atomic E-state index is 11.5. The topological polar surface area (TPSA) is 29.6 Å². The highest BCUT2D eigenvalue weighted by atomic mass is 16.6. The zero-order chi connectivity index (χ0) is 8.93. The van der Waals surface area contributed by atoms with E-state index in [1.165, 1.54) is 0 Å². The summed E-state index contributed by atoms with van der Waals surface area (Å²) in [5.74, 6) is 1.14. The maximum Gasteiger partial charge on any atom is 0.138 e. The zero-order valence-electron chi connectivity index (χ0n) is 7.96. The van der Waals surface area contributed by atoms with Gasteiger partial charge in [-0.2, -0.15) is 0 Å². The van der Waals surface area contributed by atoms with Crippen molar-refractivity contribution in [2.24, 2.45) is 11.8 Å². The van der Waals surface area contributed by atoms with Crippen LogP contribution in [0.3, 0.4) is 0 Å². The van der Waals surface area contributed by atoms with Crippen LogP contribution in [0.2, 0.25) is 0 Å². The van der Waals surface area contributed by atoms with E-state index in [1.54, 1.807) is 0 Å². The fourth-order valence-corrected chi connectivity index (χ4v) is 2.63. The third kappa shape index (κ3) is 0.875. The van der Waals surface area contributed by atoms with Crippen LogP contribution < -0.4 is 0 Å². The number of hydrogen-bond acceptors (Lipinski definition) is 2. The van der Waals surface area contributed by atoms with Crippen molar-refractivity contribution in [1.82, 2.24) is 0 Å². The van der Waals surface area contributed by atoms with Gasteiger partial charge in [-0.3, -0.25) is 4.79 Å². The second-order valence-electron chi connectivity index (χ2n) is 4.31. The van der Waals surface area contributed by atoms with Gasteiger partial charge in [0.05, 0.1) is 6.10 Å². The van der Waals surface area contributed by atoms with Gasteiger partial charge in [-0.1, -0.05) is 13.8 Å². The van der Waals surface area contributed by atoms with Gasteiger partial charge in [0, 0.05) is 12.3 Å². The predicted octanol–water partition coefficient (Wildman–Crippen LogP) is 1.78. The second-order valence-corrected chi connectivity index (χ2v) is 4.31. The van der Waals surface area contributed by atoms with Crippen LogP contribution in [-0.2, 0) is 9.53 Å². The molecular weight excluding hydrogens is 152 g/mol. The number of fused-ring (bicyclic) bond motifs is 1. The first-order valence-electron chi connectivity index (χ1n) is 4.80. The first-order valence-corrected chi connectivity index (χ1v) is 4.80. The zero-order valence-corrected chi connectivity index (χ0v) is 7.96. The summed E-state index contributed by atoms with van der Waals surface area (Å²) in [5, 5.41) is 0.